The van der Waals surface area contributed by atoms with Crippen molar-refractivity contribution in [1.29, 1.82) is 0 Å². The Hall–Kier alpha value is -2.63. The predicted molar refractivity (Wildman–Crippen MR) is 80.8 cm³/mol. The molecule has 0 atom stereocenters. The van der Waals surface area contributed by atoms with Crippen molar-refractivity contribution in [3.8, 4) is 0 Å². The monoisotopic (exact) mass is 302 g/mol. The summed E-state index contributed by atoms with van der Waals surface area (Å²) >= 11 is 0. The van der Waals surface area contributed by atoms with Gasteiger partial charge in [-0.1, -0.05) is 36.4 Å². The van der Waals surface area contributed by atoms with E-state index in [9.17, 15) is 14.4 Å². The molecule has 0 saturated carbocycles. The lowest BCUT2D eigenvalue weighted by atomic mass is 10.2. The Morgan fingerprint density at radius 2 is 2.05 bits per heavy atom. The van der Waals surface area contributed by atoms with Gasteiger partial charge in [-0.2, -0.15) is 0 Å². The lowest BCUT2D eigenvalue weighted by Gasteiger charge is -2.11. The van der Waals surface area contributed by atoms with Crippen molar-refractivity contribution in [2.75, 3.05) is 19.7 Å². The number of nitrogens with zero attached hydrogens (tertiary/aromatic N) is 1. The van der Waals surface area contributed by atoms with Crippen LogP contribution in [-0.2, 0) is 14.3 Å². The number of urea groups is 1. The van der Waals surface area contributed by atoms with Crippen LogP contribution in [0.4, 0.5) is 4.79 Å². The number of nitrogens with one attached hydrogen (secondary N) is 1. The lowest BCUT2D eigenvalue weighted by Crippen LogP contribution is -2.32. The Morgan fingerprint density at radius 3 is 2.73 bits per heavy atom. The predicted octanol–water partition coefficient (Wildman–Crippen LogP) is 1.58. The van der Waals surface area contributed by atoms with E-state index in [-0.39, 0.29) is 38.0 Å². The molecule has 1 aliphatic heterocycles. The van der Waals surface area contributed by atoms with Crippen LogP contribution in [0.25, 0.3) is 6.08 Å². The van der Waals surface area contributed by atoms with Crippen molar-refractivity contribution in [3.05, 3.63) is 42.0 Å². The van der Waals surface area contributed by atoms with Crippen molar-refractivity contribution in [2.24, 2.45) is 0 Å². The normalized spacial score (nSPS) is 14.5. The fourth-order valence-electron chi connectivity index (χ4n) is 2.02. The number of carbonyl (C=O) groups is 3. The number of hydrogen-bond donors (Lipinski definition) is 1. The van der Waals surface area contributed by atoms with Crippen LogP contribution >= 0.6 is 0 Å². The zero-order chi connectivity index (χ0) is 15.8. The Labute approximate surface area is 128 Å². The molecule has 6 nitrogen and oxygen atoms in total. The fraction of sp³-hybridized carbons (Fsp3) is 0.312. The molecule has 0 bridgehead atoms. The molecule has 1 fully saturated rings. The Balaban J connectivity index is 1.61. The molecule has 1 N–H and O–H groups in total. The Kier molecular flexibility index (Phi) is 5.71. The van der Waals surface area contributed by atoms with Gasteiger partial charge in [0.15, 0.2) is 0 Å². The van der Waals surface area contributed by atoms with Gasteiger partial charge in [-0.15, -0.1) is 0 Å². The van der Waals surface area contributed by atoms with E-state index in [0.29, 0.717) is 6.42 Å². The van der Waals surface area contributed by atoms with Crippen LogP contribution in [0.2, 0.25) is 0 Å². The molecule has 116 valence electrons. The van der Waals surface area contributed by atoms with Gasteiger partial charge in [0.1, 0.15) is 6.61 Å². The van der Waals surface area contributed by atoms with E-state index in [1.165, 1.54) is 0 Å². The first-order chi connectivity index (χ1) is 10.7. The Bertz CT molecular complexity index is 553. The highest BCUT2D eigenvalue weighted by Crippen LogP contribution is 2.04. The average Bonchev–Trinajstić information content (AvgIpc) is 2.84. The second-order valence-corrected chi connectivity index (χ2v) is 4.80. The van der Waals surface area contributed by atoms with Gasteiger partial charge in [0, 0.05) is 13.0 Å². The van der Waals surface area contributed by atoms with Crippen LogP contribution < -0.4 is 5.32 Å². The van der Waals surface area contributed by atoms with E-state index in [0.717, 1.165) is 10.5 Å². The molecule has 0 radical (unpaired) electrons. The number of hydrogen-bond acceptors (Lipinski definition) is 4. The van der Waals surface area contributed by atoms with E-state index < -0.39 is 6.03 Å². The molecule has 22 heavy (non-hydrogen) atoms. The lowest BCUT2D eigenvalue weighted by molar-refractivity contribution is -0.142. The van der Waals surface area contributed by atoms with E-state index in [1.54, 1.807) is 6.08 Å². The van der Waals surface area contributed by atoms with Gasteiger partial charge in [0.25, 0.3) is 0 Å². The molecule has 0 aliphatic carbocycles. The summed E-state index contributed by atoms with van der Waals surface area (Å²) in [6.45, 7) is 0.476. The quantitative estimate of drug-likeness (QED) is 0.613. The van der Waals surface area contributed by atoms with E-state index in [4.69, 9.17) is 4.74 Å². The second-order valence-electron chi connectivity index (χ2n) is 4.80. The first-order valence-electron chi connectivity index (χ1n) is 7.12. The van der Waals surface area contributed by atoms with Gasteiger partial charge < -0.3 is 10.1 Å². The maximum Gasteiger partial charge on any atom is 0.324 e. The highest BCUT2D eigenvalue weighted by Gasteiger charge is 2.27. The van der Waals surface area contributed by atoms with Crippen LogP contribution in [0, 0.1) is 0 Å². The molecule has 0 spiro atoms. The van der Waals surface area contributed by atoms with Crippen LogP contribution in [0.5, 0.6) is 0 Å². The van der Waals surface area contributed by atoms with Crippen LogP contribution in [0.15, 0.2) is 36.4 Å². The molecule has 1 aromatic carbocycles. The topological polar surface area (TPSA) is 75.7 Å². The van der Waals surface area contributed by atoms with Crippen molar-refractivity contribution in [2.45, 2.75) is 12.8 Å². The second kappa shape index (κ2) is 7.97. The zero-order valence-electron chi connectivity index (χ0n) is 12.2. The molecular weight excluding hydrogens is 284 g/mol. The third-order valence-corrected chi connectivity index (χ3v) is 3.15. The summed E-state index contributed by atoms with van der Waals surface area (Å²) in [5.41, 5.74) is 1.04. The van der Waals surface area contributed by atoms with Gasteiger partial charge in [-0.05, 0) is 18.1 Å². The number of rotatable bonds is 7. The summed E-state index contributed by atoms with van der Waals surface area (Å²) in [6, 6.07) is 9.31. The minimum absolute atomic E-state index is 0.0353. The summed E-state index contributed by atoms with van der Waals surface area (Å²) in [6.07, 6.45) is 4.22. The minimum atomic E-state index is -0.399. The third kappa shape index (κ3) is 4.73. The highest BCUT2D eigenvalue weighted by atomic mass is 16.5. The van der Waals surface area contributed by atoms with Crippen molar-refractivity contribution >= 4 is 24.0 Å². The molecule has 1 heterocycles. The molecule has 3 amide bonds. The molecule has 0 unspecified atom stereocenters. The van der Waals surface area contributed by atoms with Crippen molar-refractivity contribution in [3.63, 3.8) is 0 Å². The summed E-state index contributed by atoms with van der Waals surface area (Å²) in [5, 5.41) is 2.43. The molecule has 1 saturated heterocycles. The van der Waals surface area contributed by atoms with E-state index >= 15 is 0 Å². The number of benzene rings is 1. The number of amides is 3. The zero-order valence-corrected chi connectivity index (χ0v) is 12.2. The fourth-order valence-corrected chi connectivity index (χ4v) is 2.02. The van der Waals surface area contributed by atoms with Gasteiger partial charge in [-0.3, -0.25) is 14.5 Å². The molecule has 1 aromatic rings. The molecule has 1 aliphatic rings. The van der Waals surface area contributed by atoms with Gasteiger partial charge >= 0.3 is 12.0 Å². The summed E-state index contributed by atoms with van der Waals surface area (Å²) in [7, 11) is 0. The maximum atomic E-state index is 11.5. The first-order valence-corrected chi connectivity index (χ1v) is 7.12. The number of esters is 1. The molecule has 2 rings (SSSR count). The standard InChI is InChI=1S/C16H18N2O4/c19-14-12-17-16(21)18(14)10-4-9-15(20)22-11-5-8-13-6-2-1-3-7-13/h1-3,5-8H,4,9-12H2,(H,17,21)/b8-5+. The Morgan fingerprint density at radius 1 is 1.27 bits per heavy atom. The highest BCUT2D eigenvalue weighted by molar-refractivity contribution is 6.01. The SMILES string of the molecule is O=C(CCCN1C(=O)CNC1=O)OC/C=C/c1ccccc1. The summed E-state index contributed by atoms with van der Waals surface area (Å²) in [5.74, 6) is -0.603. The van der Waals surface area contributed by atoms with Crippen LogP contribution in [-0.4, -0.2) is 42.5 Å². The maximum absolute atomic E-state index is 11.5. The minimum Gasteiger partial charge on any atom is -0.461 e. The molecule has 0 aromatic heterocycles. The van der Waals surface area contributed by atoms with E-state index in [1.807, 2.05) is 36.4 Å². The van der Waals surface area contributed by atoms with Gasteiger partial charge in [0.2, 0.25) is 5.91 Å². The third-order valence-electron chi connectivity index (χ3n) is 3.15. The number of carbonyl (C=O) groups excluding carboxylic acids is 3. The molecule has 6 heteroatoms. The van der Waals surface area contributed by atoms with E-state index in [2.05, 4.69) is 5.32 Å². The summed E-state index contributed by atoms with van der Waals surface area (Å²) < 4.78 is 5.05. The largest absolute Gasteiger partial charge is 0.461 e. The number of ether oxygens (including phenoxy) is 1. The van der Waals surface area contributed by atoms with Crippen molar-refractivity contribution < 1.29 is 19.1 Å². The van der Waals surface area contributed by atoms with Crippen molar-refractivity contribution in [1.82, 2.24) is 10.2 Å². The average molecular weight is 302 g/mol. The smallest absolute Gasteiger partial charge is 0.324 e. The van der Waals surface area contributed by atoms with Crippen LogP contribution in [0.1, 0.15) is 18.4 Å². The van der Waals surface area contributed by atoms with Crippen LogP contribution in [0.3, 0.4) is 0 Å². The summed E-state index contributed by atoms with van der Waals surface area (Å²) in [4.78, 5) is 35.2. The van der Waals surface area contributed by atoms with Gasteiger partial charge in [-0.25, -0.2) is 4.79 Å². The number of imide groups is 1. The first kappa shape index (κ1) is 15.8. The van der Waals surface area contributed by atoms with Gasteiger partial charge in [0.05, 0.1) is 6.54 Å². The molecular formula is C16H18N2O4.